The van der Waals surface area contributed by atoms with E-state index >= 15 is 0 Å². The van der Waals surface area contributed by atoms with Crippen molar-refractivity contribution in [3.8, 4) is 0 Å². The van der Waals surface area contributed by atoms with Gasteiger partial charge in [0.2, 0.25) is 0 Å². The molecule has 35 heavy (non-hydrogen) atoms. The first-order valence-corrected chi connectivity index (χ1v) is 13.0. The summed E-state index contributed by atoms with van der Waals surface area (Å²) in [6, 6.07) is 8.42. The number of para-hydroxylation sites is 1. The molecule has 2 heterocycles. The van der Waals surface area contributed by atoms with Gasteiger partial charge in [0.1, 0.15) is 5.69 Å². The van der Waals surface area contributed by atoms with Gasteiger partial charge in [-0.05, 0) is 71.0 Å². The van der Waals surface area contributed by atoms with Crippen LogP contribution in [0.2, 0.25) is 0 Å². The van der Waals surface area contributed by atoms with E-state index in [9.17, 15) is 14.7 Å². The second-order valence-electron chi connectivity index (χ2n) is 9.65. The van der Waals surface area contributed by atoms with Crippen LogP contribution in [-0.4, -0.2) is 83.5 Å². The summed E-state index contributed by atoms with van der Waals surface area (Å²) in [7, 11) is 1.71. The van der Waals surface area contributed by atoms with E-state index in [0.29, 0.717) is 26.1 Å². The lowest BCUT2D eigenvalue weighted by atomic mass is 10.0. The van der Waals surface area contributed by atoms with Crippen molar-refractivity contribution in [3.63, 3.8) is 0 Å². The molecule has 194 valence electrons. The minimum absolute atomic E-state index is 0.0725. The summed E-state index contributed by atoms with van der Waals surface area (Å²) in [5.74, 6) is 0.0725. The Morgan fingerprint density at radius 1 is 1.29 bits per heavy atom. The number of likely N-dealkylation sites (N-methyl/N-ethyl adjacent to an activating group) is 1. The number of rotatable bonds is 12. The van der Waals surface area contributed by atoms with Crippen LogP contribution in [0, 0.1) is 0 Å². The van der Waals surface area contributed by atoms with E-state index in [4.69, 9.17) is 4.74 Å². The first kappa shape index (κ1) is 27.0. The molecule has 1 aliphatic rings. The Hall–Kier alpha value is -2.58. The Morgan fingerprint density at radius 3 is 2.71 bits per heavy atom. The van der Waals surface area contributed by atoms with Gasteiger partial charge in [0.25, 0.3) is 5.91 Å². The van der Waals surface area contributed by atoms with Crippen molar-refractivity contribution >= 4 is 22.9 Å². The lowest BCUT2D eigenvalue weighted by Crippen LogP contribution is -2.52. The van der Waals surface area contributed by atoms with Crippen LogP contribution in [0.1, 0.15) is 62.5 Å². The van der Waals surface area contributed by atoms with E-state index in [1.807, 2.05) is 19.1 Å². The van der Waals surface area contributed by atoms with Crippen LogP contribution in [0.5, 0.6) is 0 Å². The number of hydrogen-bond donors (Lipinski definition) is 2. The van der Waals surface area contributed by atoms with Gasteiger partial charge in [-0.1, -0.05) is 18.2 Å². The quantitative estimate of drug-likeness (QED) is 0.439. The first-order chi connectivity index (χ1) is 16.9. The van der Waals surface area contributed by atoms with E-state index < -0.39 is 6.09 Å². The summed E-state index contributed by atoms with van der Waals surface area (Å²) in [5.41, 5.74) is 2.83. The van der Waals surface area contributed by atoms with Crippen molar-refractivity contribution in [1.82, 2.24) is 19.7 Å². The molecule has 2 aromatic rings. The van der Waals surface area contributed by atoms with Crippen LogP contribution in [0.3, 0.4) is 0 Å². The van der Waals surface area contributed by atoms with E-state index in [0.717, 1.165) is 67.5 Å². The number of nitrogens with zero attached hydrogens (tertiary/aromatic N) is 3. The zero-order valence-corrected chi connectivity index (χ0v) is 21.8. The van der Waals surface area contributed by atoms with E-state index in [-0.39, 0.29) is 18.0 Å². The molecule has 0 radical (unpaired) electrons. The lowest BCUT2D eigenvalue weighted by molar-refractivity contribution is 0.0562. The Morgan fingerprint density at radius 2 is 2.09 bits per heavy atom. The molecule has 1 aromatic carbocycles. The van der Waals surface area contributed by atoms with Gasteiger partial charge in [-0.15, -0.1) is 0 Å². The van der Waals surface area contributed by atoms with Crippen molar-refractivity contribution in [3.05, 3.63) is 35.5 Å². The number of methoxy groups -OCH3 is 1. The molecule has 0 bridgehead atoms. The molecule has 1 aromatic heterocycles. The van der Waals surface area contributed by atoms with Crippen molar-refractivity contribution in [1.29, 1.82) is 0 Å². The standard InChI is InChI=1S/C27H42N4O4/c1-5-29(27(33)34)16-13-21-10-8-11-22-18-24(30(25(21)22)15-6-7-17-35-4)26(32)31(20(2)3)23-12-9-14-28-19-23/h8,10-11,18,20,23,28H,5-7,9,12-17,19H2,1-4H3,(H,33,34)/t23-/m1/s1. The van der Waals surface area contributed by atoms with E-state index in [2.05, 4.69) is 40.8 Å². The molecule has 1 aliphatic heterocycles. The highest BCUT2D eigenvalue weighted by Crippen LogP contribution is 2.28. The average molecular weight is 487 g/mol. The molecule has 0 spiro atoms. The van der Waals surface area contributed by atoms with Crippen molar-refractivity contribution in [2.24, 2.45) is 0 Å². The van der Waals surface area contributed by atoms with Gasteiger partial charge >= 0.3 is 6.09 Å². The Bertz CT molecular complexity index is 981. The number of aromatic nitrogens is 1. The molecule has 1 atom stereocenters. The van der Waals surface area contributed by atoms with Gasteiger partial charge in [-0.2, -0.15) is 0 Å². The lowest BCUT2D eigenvalue weighted by Gasteiger charge is -2.37. The summed E-state index contributed by atoms with van der Waals surface area (Å²) < 4.78 is 7.42. The Balaban J connectivity index is 2.00. The predicted octanol–water partition coefficient (Wildman–Crippen LogP) is 4.21. The average Bonchev–Trinajstić information content (AvgIpc) is 3.22. The minimum atomic E-state index is -0.904. The number of carbonyl (C=O) groups excluding carboxylic acids is 1. The number of carbonyl (C=O) groups is 2. The number of benzene rings is 1. The summed E-state index contributed by atoms with van der Waals surface area (Å²) in [4.78, 5) is 29.0. The van der Waals surface area contributed by atoms with E-state index in [1.54, 1.807) is 7.11 Å². The SMILES string of the molecule is CCN(CCc1cccc2cc(C(=O)N(C(C)C)[C@@H]3CCCNC3)n(CCCCOC)c12)C(=O)O. The first-order valence-electron chi connectivity index (χ1n) is 13.0. The van der Waals surface area contributed by atoms with Gasteiger partial charge in [0, 0.05) is 57.4 Å². The summed E-state index contributed by atoms with van der Waals surface area (Å²) in [5, 5.41) is 13.9. The molecular weight excluding hydrogens is 444 g/mol. The fraction of sp³-hybridized carbons (Fsp3) is 0.630. The predicted molar refractivity (Wildman–Crippen MR) is 139 cm³/mol. The van der Waals surface area contributed by atoms with Crippen molar-refractivity contribution in [2.75, 3.05) is 39.9 Å². The second-order valence-corrected chi connectivity index (χ2v) is 9.65. The fourth-order valence-electron chi connectivity index (χ4n) is 5.20. The van der Waals surface area contributed by atoms with Gasteiger partial charge < -0.3 is 29.5 Å². The molecule has 2 amide bonds. The van der Waals surface area contributed by atoms with Gasteiger partial charge in [0.05, 0.1) is 5.52 Å². The molecule has 0 saturated carbocycles. The highest BCUT2D eigenvalue weighted by Gasteiger charge is 2.31. The Kier molecular flexibility index (Phi) is 9.98. The molecule has 0 aliphatic carbocycles. The molecule has 8 heteroatoms. The number of hydrogen-bond acceptors (Lipinski definition) is 4. The number of amides is 2. The third kappa shape index (κ3) is 6.55. The maximum Gasteiger partial charge on any atom is 0.407 e. The number of ether oxygens (including phenoxy) is 1. The second kappa shape index (κ2) is 12.9. The molecule has 1 fully saturated rings. The third-order valence-electron chi connectivity index (χ3n) is 6.96. The van der Waals surface area contributed by atoms with Gasteiger partial charge in [-0.3, -0.25) is 4.79 Å². The smallest absolute Gasteiger partial charge is 0.407 e. The monoisotopic (exact) mass is 486 g/mol. The van der Waals surface area contributed by atoms with Crippen LogP contribution in [0.25, 0.3) is 10.9 Å². The Labute approximate surface area is 209 Å². The molecule has 8 nitrogen and oxygen atoms in total. The zero-order valence-electron chi connectivity index (χ0n) is 21.8. The number of piperidine rings is 1. The maximum absolute atomic E-state index is 14.0. The molecule has 0 unspecified atom stereocenters. The van der Waals surface area contributed by atoms with Crippen molar-refractivity contribution in [2.45, 2.75) is 71.5 Å². The number of nitrogens with one attached hydrogen (secondary N) is 1. The molecule has 2 N–H and O–H groups in total. The maximum atomic E-state index is 14.0. The van der Waals surface area contributed by atoms with Gasteiger partial charge in [-0.25, -0.2) is 4.79 Å². The molecule has 1 saturated heterocycles. The highest BCUT2D eigenvalue weighted by atomic mass is 16.5. The number of unbranched alkanes of at least 4 members (excludes halogenated alkanes) is 1. The van der Waals surface area contributed by atoms with Crippen LogP contribution in [-0.2, 0) is 17.7 Å². The number of aryl methyl sites for hydroxylation is 1. The normalized spacial score (nSPS) is 16.1. The number of carboxylic acid groups (broad SMARTS) is 1. The van der Waals surface area contributed by atoms with Crippen LogP contribution in [0.4, 0.5) is 4.79 Å². The fourth-order valence-corrected chi connectivity index (χ4v) is 5.20. The summed E-state index contributed by atoms with van der Waals surface area (Å²) in [6.45, 7) is 10.1. The van der Waals surface area contributed by atoms with Crippen LogP contribution >= 0.6 is 0 Å². The van der Waals surface area contributed by atoms with Gasteiger partial charge in [0.15, 0.2) is 0 Å². The van der Waals surface area contributed by atoms with E-state index in [1.165, 1.54) is 4.90 Å². The van der Waals surface area contributed by atoms with Crippen molar-refractivity contribution < 1.29 is 19.4 Å². The van der Waals surface area contributed by atoms with Crippen LogP contribution in [0.15, 0.2) is 24.3 Å². The van der Waals surface area contributed by atoms with Crippen LogP contribution < -0.4 is 5.32 Å². The molecule has 3 rings (SSSR count). The third-order valence-corrected chi connectivity index (χ3v) is 6.96. The number of fused-ring (bicyclic) bond motifs is 1. The summed E-state index contributed by atoms with van der Waals surface area (Å²) >= 11 is 0. The zero-order chi connectivity index (χ0) is 25.4. The topological polar surface area (TPSA) is 87.0 Å². The highest BCUT2D eigenvalue weighted by molar-refractivity contribution is 6.00. The molecular formula is C27H42N4O4. The summed E-state index contributed by atoms with van der Waals surface area (Å²) in [6.07, 6.45) is 3.60. The largest absolute Gasteiger partial charge is 0.465 e. The minimum Gasteiger partial charge on any atom is -0.465 e.